The van der Waals surface area contributed by atoms with Crippen LogP contribution in [0.4, 0.5) is 5.69 Å². The van der Waals surface area contributed by atoms with Crippen LogP contribution in [-0.4, -0.2) is 12.5 Å². The molecule has 0 unspecified atom stereocenters. The lowest BCUT2D eigenvalue weighted by Gasteiger charge is -2.03. The number of rotatable bonds is 1. The van der Waals surface area contributed by atoms with Crippen molar-refractivity contribution in [3.63, 3.8) is 0 Å². The molecule has 1 aromatic carbocycles. The van der Waals surface area contributed by atoms with Gasteiger partial charge in [-0.3, -0.25) is 4.79 Å². The minimum Gasteiger partial charge on any atom is -0.352 e. The fourth-order valence-electron chi connectivity index (χ4n) is 1.63. The number of nitrogens with zero attached hydrogens (tertiary/aromatic N) is 1. The van der Waals surface area contributed by atoms with Crippen molar-refractivity contribution in [2.24, 2.45) is 5.18 Å². The van der Waals surface area contributed by atoms with E-state index in [0.717, 1.165) is 18.4 Å². The average molecular weight is 190 g/mol. The maximum atomic E-state index is 11.5. The van der Waals surface area contributed by atoms with Crippen LogP contribution in [0, 0.1) is 4.91 Å². The molecule has 2 rings (SSSR count). The molecule has 0 aliphatic carbocycles. The van der Waals surface area contributed by atoms with Crippen molar-refractivity contribution in [2.45, 2.75) is 12.8 Å². The summed E-state index contributed by atoms with van der Waals surface area (Å²) in [6, 6.07) is 4.99. The molecule has 4 nitrogen and oxygen atoms in total. The lowest BCUT2D eigenvalue weighted by atomic mass is 10.0. The van der Waals surface area contributed by atoms with E-state index in [-0.39, 0.29) is 5.91 Å². The first-order chi connectivity index (χ1) is 6.81. The summed E-state index contributed by atoms with van der Waals surface area (Å²) in [6.07, 6.45) is 1.81. The number of benzene rings is 1. The number of nitrogens with one attached hydrogen (secondary N) is 1. The van der Waals surface area contributed by atoms with Crippen molar-refractivity contribution in [3.8, 4) is 0 Å². The summed E-state index contributed by atoms with van der Waals surface area (Å²) in [6.45, 7) is 0.692. The van der Waals surface area contributed by atoms with Crippen molar-refractivity contribution in [1.29, 1.82) is 0 Å². The summed E-state index contributed by atoms with van der Waals surface area (Å²) in [5, 5.41) is 5.58. The molecule has 0 fully saturated rings. The highest BCUT2D eigenvalue weighted by Gasteiger charge is 2.15. The van der Waals surface area contributed by atoms with E-state index in [1.807, 2.05) is 0 Å². The number of hydrogen-bond acceptors (Lipinski definition) is 3. The Balaban J connectivity index is 2.49. The van der Waals surface area contributed by atoms with E-state index < -0.39 is 0 Å². The predicted octanol–water partition coefficient (Wildman–Crippen LogP) is 1.76. The molecule has 0 atom stereocenters. The van der Waals surface area contributed by atoms with E-state index in [4.69, 9.17) is 0 Å². The third kappa shape index (κ3) is 1.51. The molecule has 1 N–H and O–H groups in total. The summed E-state index contributed by atoms with van der Waals surface area (Å²) in [4.78, 5) is 21.8. The van der Waals surface area contributed by atoms with Crippen molar-refractivity contribution in [1.82, 2.24) is 5.32 Å². The second-order valence-electron chi connectivity index (χ2n) is 3.29. The molecule has 0 radical (unpaired) electrons. The number of nitroso groups, excluding NO2 is 1. The Morgan fingerprint density at radius 2 is 2.21 bits per heavy atom. The Hall–Kier alpha value is -1.71. The van der Waals surface area contributed by atoms with Gasteiger partial charge in [-0.1, -0.05) is 6.07 Å². The first-order valence-corrected chi connectivity index (χ1v) is 4.56. The van der Waals surface area contributed by atoms with Crippen LogP contribution in [0.2, 0.25) is 0 Å². The Bertz CT molecular complexity index is 388. The Kier molecular flexibility index (Phi) is 2.26. The van der Waals surface area contributed by atoms with Crippen LogP contribution in [-0.2, 0) is 6.42 Å². The Morgan fingerprint density at radius 3 is 3.00 bits per heavy atom. The van der Waals surface area contributed by atoms with E-state index in [2.05, 4.69) is 10.5 Å². The fourth-order valence-corrected chi connectivity index (χ4v) is 1.63. The first-order valence-electron chi connectivity index (χ1n) is 4.56. The van der Waals surface area contributed by atoms with Gasteiger partial charge < -0.3 is 5.32 Å². The second kappa shape index (κ2) is 3.57. The molecule has 0 saturated carbocycles. The highest BCUT2D eigenvalue weighted by molar-refractivity contribution is 5.96. The molecular formula is C10H10N2O2. The van der Waals surface area contributed by atoms with Gasteiger partial charge in [0.15, 0.2) is 0 Å². The zero-order valence-corrected chi connectivity index (χ0v) is 7.62. The van der Waals surface area contributed by atoms with Gasteiger partial charge in [0, 0.05) is 12.1 Å². The minimum absolute atomic E-state index is 0.108. The number of hydrogen-bond donors (Lipinski definition) is 1. The molecule has 1 aliphatic rings. The van der Waals surface area contributed by atoms with Crippen molar-refractivity contribution >= 4 is 11.6 Å². The smallest absolute Gasteiger partial charge is 0.251 e. The lowest BCUT2D eigenvalue weighted by Crippen LogP contribution is -2.22. The van der Waals surface area contributed by atoms with Crippen molar-refractivity contribution < 1.29 is 4.79 Å². The molecule has 0 saturated heterocycles. The Morgan fingerprint density at radius 1 is 1.36 bits per heavy atom. The number of carbonyl (C=O) groups excluding carboxylic acids is 1. The third-order valence-corrected chi connectivity index (χ3v) is 2.35. The largest absolute Gasteiger partial charge is 0.352 e. The predicted molar refractivity (Wildman–Crippen MR) is 52.6 cm³/mol. The molecule has 72 valence electrons. The summed E-state index contributed by atoms with van der Waals surface area (Å²) >= 11 is 0. The number of fused-ring (bicyclic) bond motifs is 1. The van der Waals surface area contributed by atoms with E-state index in [1.165, 1.54) is 0 Å². The van der Waals surface area contributed by atoms with Gasteiger partial charge in [-0.25, -0.2) is 0 Å². The fraction of sp³-hybridized carbons (Fsp3) is 0.300. The van der Waals surface area contributed by atoms with Crippen LogP contribution < -0.4 is 5.32 Å². The molecule has 0 spiro atoms. The van der Waals surface area contributed by atoms with Crippen LogP contribution in [0.15, 0.2) is 23.4 Å². The van der Waals surface area contributed by atoms with Crippen LogP contribution >= 0.6 is 0 Å². The normalized spacial score (nSPS) is 15.3. The molecule has 1 aromatic rings. The highest BCUT2D eigenvalue weighted by atomic mass is 16.3. The van der Waals surface area contributed by atoms with Crippen LogP contribution in [0.1, 0.15) is 22.3 Å². The zero-order valence-electron chi connectivity index (χ0n) is 7.62. The summed E-state index contributed by atoms with van der Waals surface area (Å²) in [5.41, 5.74) is 1.88. The highest BCUT2D eigenvalue weighted by Crippen LogP contribution is 2.20. The average Bonchev–Trinajstić information content (AvgIpc) is 2.40. The van der Waals surface area contributed by atoms with Gasteiger partial charge in [-0.2, -0.15) is 0 Å². The number of aryl methyl sites for hydroxylation is 1. The summed E-state index contributed by atoms with van der Waals surface area (Å²) in [7, 11) is 0. The second-order valence-corrected chi connectivity index (χ2v) is 3.29. The van der Waals surface area contributed by atoms with E-state index in [0.29, 0.717) is 17.8 Å². The summed E-state index contributed by atoms with van der Waals surface area (Å²) < 4.78 is 0. The minimum atomic E-state index is -0.108. The maximum Gasteiger partial charge on any atom is 0.251 e. The molecule has 0 bridgehead atoms. The molecule has 1 amide bonds. The topological polar surface area (TPSA) is 58.5 Å². The quantitative estimate of drug-likeness (QED) is 0.686. The van der Waals surface area contributed by atoms with E-state index in [9.17, 15) is 9.70 Å². The van der Waals surface area contributed by atoms with Crippen LogP contribution in [0.25, 0.3) is 0 Å². The third-order valence-electron chi connectivity index (χ3n) is 2.35. The summed E-state index contributed by atoms with van der Waals surface area (Å²) in [5.74, 6) is -0.108. The number of amides is 1. The van der Waals surface area contributed by atoms with Crippen molar-refractivity contribution in [3.05, 3.63) is 34.2 Å². The molecule has 0 aromatic heterocycles. The molecular weight excluding hydrogens is 180 g/mol. The van der Waals surface area contributed by atoms with Gasteiger partial charge >= 0.3 is 0 Å². The maximum absolute atomic E-state index is 11.5. The van der Waals surface area contributed by atoms with Crippen LogP contribution in [0.3, 0.4) is 0 Å². The Labute approximate surface area is 81.3 Å². The lowest BCUT2D eigenvalue weighted by molar-refractivity contribution is 0.0956. The van der Waals surface area contributed by atoms with Gasteiger partial charge in [0.05, 0.1) is 0 Å². The zero-order chi connectivity index (χ0) is 9.97. The van der Waals surface area contributed by atoms with Crippen molar-refractivity contribution in [2.75, 3.05) is 6.54 Å². The van der Waals surface area contributed by atoms with Gasteiger partial charge in [0.25, 0.3) is 5.91 Å². The standard InChI is InChI=1S/C10H10N2O2/c13-10-9-6-8(12-14)4-3-7(9)2-1-5-11-10/h3-4,6H,1-2,5H2,(H,11,13). The molecule has 1 heterocycles. The SMILES string of the molecule is O=Nc1ccc2c(c1)C(=O)NCCC2. The first kappa shape index (κ1) is 8.87. The molecule has 4 heteroatoms. The van der Waals surface area contributed by atoms with Gasteiger partial charge in [-0.05, 0) is 35.7 Å². The van der Waals surface area contributed by atoms with E-state index >= 15 is 0 Å². The van der Waals surface area contributed by atoms with Gasteiger partial charge in [0.2, 0.25) is 0 Å². The molecule has 1 aliphatic heterocycles. The van der Waals surface area contributed by atoms with Gasteiger partial charge in [-0.15, -0.1) is 4.91 Å². The van der Waals surface area contributed by atoms with Gasteiger partial charge in [0.1, 0.15) is 5.69 Å². The monoisotopic (exact) mass is 190 g/mol. The number of carbonyl (C=O) groups is 1. The molecule has 14 heavy (non-hydrogen) atoms. The van der Waals surface area contributed by atoms with Crippen LogP contribution in [0.5, 0.6) is 0 Å². The van der Waals surface area contributed by atoms with E-state index in [1.54, 1.807) is 18.2 Å².